The molecule has 0 aromatic heterocycles. The molecule has 6 atom stereocenters. The lowest BCUT2D eigenvalue weighted by Gasteiger charge is -2.60. The number of rotatable bonds is 1. The minimum absolute atomic E-state index is 0.126. The second-order valence-electron chi connectivity index (χ2n) is 9.27. The number of ketones is 2. The molecule has 0 aromatic carbocycles. The Hall–Kier alpha value is -0.920. The Morgan fingerprint density at radius 2 is 1.91 bits per heavy atom. The molecular formula is C21H30O2. The van der Waals surface area contributed by atoms with Crippen molar-refractivity contribution in [1.82, 2.24) is 0 Å². The van der Waals surface area contributed by atoms with Gasteiger partial charge in [0.2, 0.25) is 0 Å². The molecule has 4 aliphatic carbocycles. The smallest absolute Gasteiger partial charge is 0.156 e. The molecule has 0 N–H and O–H groups in total. The van der Waals surface area contributed by atoms with Crippen molar-refractivity contribution >= 4 is 11.6 Å². The molecule has 0 spiro atoms. The van der Waals surface area contributed by atoms with Gasteiger partial charge in [0.1, 0.15) is 5.78 Å². The van der Waals surface area contributed by atoms with E-state index in [-0.39, 0.29) is 11.2 Å². The molecule has 0 radical (unpaired) electrons. The highest BCUT2D eigenvalue weighted by Gasteiger charge is 2.58. The number of Topliss-reactive ketones (excluding diaryl/α,β-unsaturated/α-hetero) is 2. The van der Waals surface area contributed by atoms with E-state index in [1.807, 2.05) is 0 Å². The minimum atomic E-state index is 0.126. The van der Waals surface area contributed by atoms with Crippen LogP contribution >= 0.6 is 0 Å². The normalized spacial score (nSPS) is 49.0. The number of hydrogen-bond acceptors (Lipinski definition) is 2. The molecule has 3 saturated carbocycles. The van der Waals surface area contributed by atoms with E-state index in [0.29, 0.717) is 23.0 Å². The molecule has 0 heterocycles. The van der Waals surface area contributed by atoms with Crippen LogP contribution in [0.4, 0.5) is 0 Å². The summed E-state index contributed by atoms with van der Waals surface area (Å²) in [6, 6.07) is 0. The van der Waals surface area contributed by atoms with Crippen LogP contribution in [-0.4, -0.2) is 11.6 Å². The molecule has 0 aliphatic heterocycles. The van der Waals surface area contributed by atoms with E-state index in [1.54, 1.807) is 6.92 Å². The maximum atomic E-state index is 12.1. The molecule has 0 saturated heterocycles. The molecule has 6 unspecified atom stereocenters. The summed E-state index contributed by atoms with van der Waals surface area (Å²) in [5, 5.41) is 0. The van der Waals surface area contributed by atoms with Crippen LogP contribution < -0.4 is 0 Å². The zero-order valence-electron chi connectivity index (χ0n) is 14.9. The Balaban J connectivity index is 1.63. The van der Waals surface area contributed by atoms with Crippen molar-refractivity contribution in [3.63, 3.8) is 0 Å². The van der Waals surface area contributed by atoms with E-state index in [2.05, 4.69) is 19.9 Å². The predicted molar refractivity (Wildman–Crippen MR) is 90.9 cm³/mol. The van der Waals surface area contributed by atoms with E-state index < -0.39 is 0 Å². The second-order valence-corrected chi connectivity index (χ2v) is 9.27. The first-order valence-corrected chi connectivity index (χ1v) is 9.59. The van der Waals surface area contributed by atoms with Gasteiger partial charge in [0.05, 0.1) is 0 Å². The summed E-state index contributed by atoms with van der Waals surface area (Å²) in [6.07, 6.45) is 11.0. The largest absolute Gasteiger partial charge is 0.300 e. The van der Waals surface area contributed by atoms with Gasteiger partial charge in [-0.05, 0) is 85.5 Å². The average molecular weight is 314 g/mol. The average Bonchev–Trinajstić information content (AvgIpc) is 2.85. The van der Waals surface area contributed by atoms with Gasteiger partial charge in [0.25, 0.3) is 0 Å². The van der Waals surface area contributed by atoms with E-state index in [4.69, 9.17) is 0 Å². The fourth-order valence-corrected chi connectivity index (χ4v) is 7.16. The summed E-state index contributed by atoms with van der Waals surface area (Å²) < 4.78 is 0. The SMILES string of the molecule is CC(=O)C1=CCC2C3CCC4CC(=O)CCC4(C)C3CCC12C. The third-order valence-corrected chi connectivity index (χ3v) is 8.44. The van der Waals surface area contributed by atoms with Gasteiger partial charge in [-0.25, -0.2) is 0 Å². The first-order chi connectivity index (χ1) is 10.9. The molecule has 0 bridgehead atoms. The van der Waals surface area contributed by atoms with Crippen molar-refractivity contribution in [1.29, 1.82) is 0 Å². The molecule has 0 amide bonds. The summed E-state index contributed by atoms with van der Waals surface area (Å²) in [5.74, 6) is 3.60. The van der Waals surface area contributed by atoms with Gasteiger partial charge in [-0.3, -0.25) is 9.59 Å². The maximum absolute atomic E-state index is 12.1. The van der Waals surface area contributed by atoms with Crippen LogP contribution in [0, 0.1) is 34.5 Å². The lowest BCUT2D eigenvalue weighted by molar-refractivity contribution is -0.138. The number of allylic oxidation sites excluding steroid dienone is 2. The summed E-state index contributed by atoms with van der Waals surface area (Å²) in [4.78, 5) is 24.0. The van der Waals surface area contributed by atoms with Gasteiger partial charge in [-0.15, -0.1) is 0 Å². The van der Waals surface area contributed by atoms with Gasteiger partial charge >= 0.3 is 0 Å². The standard InChI is InChI=1S/C21H30O2/c1-13(22)17-6-7-18-16-5-4-14-12-15(23)8-10-20(14,2)19(16)9-11-21(17,18)3/h6,14,16,18-19H,4-5,7-12H2,1-3H3. The fraction of sp³-hybridized carbons (Fsp3) is 0.810. The van der Waals surface area contributed by atoms with Crippen LogP contribution in [0.1, 0.15) is 72.1 Å². The number of hydrogen-bond donors (Lipinski definition) is 0. The van der Waals surface area contributed by atoms with E-state index in [0.717, 1.165) is 43.1 Å². The van der Waals surface area contributed by atoms with Crippen LogP contribution in [0.2, 0.25) is 0 Å². The second kappa shape index (κ2) is 5.04. The topological polar surface area (TPSA) is 34.1 Å². The van der Waals surface area contributed by atoms with E-state index in [1.165, 1.54) is 25.7 Å². The predicted octanol–water partition coefficient (Wildman–Crippen LogP) is 4.72. The fourth-order valence-electron chi connectivity index (χ4n) is 7.16. The first-order valence-electron chi connectivity index (χ1n) is 9.59. The van der Waals surface area contributed by atoms with Crippen molar-refractivity contribution < 1.29 is 9.59 Å². The highest BCUT2D eigenvalue weighted by atomic mass is 16.1. The van der Waals surface area contributed by atoms with Crippen LogP contribution in [0.5, 0.6) is 0 Å². The van der Waals surface area contributed by atoms with Crippen molar-refractivity contribution in [3.8, 4) is 0 Å². The Morgan fingerprint density at radius 3 is 2.65 bits per heavy atom. The van der Waals surface area contributed by atoms with E-state index >= 15 is 0 Å². The van der Waals surface area contributed by atoms with Crippen molar-refractivity contribution in [2.75, 3.05) is 0 Å². The summed E-state index contributed by atoms with van der Waals surface area (Å²) in [5.41, 5.74) is 1.62. The highest BCUT2D eigenvalue weighted by Crippen LogP contribution is 2.66. The monoisotopic (exact) mass is 314 g/mol. The molecule has 3 fully saturated rings. The zero-order valence-corrected chi connectivity index (χ0v) is 14.9. The molecule has 4 aliphatic rings. The van der Waals surface area contributed by atoms with Crippen molar-refractivity contribution in [3.05, 3.63) is 11.6 Å². The number of carbonyl (C=O) groups is 2. The van der Waals surface area contributed by atoms with Gasteiger partial charge < -0.3 is 0 Å². The summed E-state index contributed by atoms with van der Waals surface area (Å²) in [6.45, 7) is 6.58. The van der Waals surface area contributed by atoms with Crippen LogP contribution in [-0.2, 0) is 9.59 Å². The Labute approximate surface area is 140 Å². The summed E-state index contributed by atoms with van der Waals surface area (Å²) >= 11 is 0. The van der Waals surface area contributed by atoms with E-state index in [9.17, 15) is 9.59 Å². The minimum Gasteiger partial charge on any atom is -0.300 e. The van der Waals surface area contributed by atoms with Crippen LogP contribution in [0.3, 0.4) is 0 Å². The highest BCUT2D eigenvalue weighted by molar-refractivity contribution is 5.95. The molecule has 2 nitrogen and oxygen atoms in total. The molecule has 126 valence electrons. The Bertz CT molecular complexity index is 589. The lowest BCUT2D eigenvalue weighted by Crippen LogP contribution is -2.53. The number of carbonyl (C=O) groups excluding carboxylic acids is 2. The summed E-state index contributed by atoms with van der Waals surface area (Å²) in [7, 11) is 0. The number of fused-ring (bicyclic) bond motifs is 5. The quantitative estimate of drug-likeness (QED) is 0.701. The van der Waals surface area contributed by atoms with Crippen LogP contribution in [0.25, 0.3) is 0 Å². The Kier molecular flexibility index (Phi) is 3.42. The van der Waals surface area contributed by atoms with Gasteiger partial charge in [-0.1, -0.05) is 19.9 Å². The molecule has 23 heavy (non-hydrogen) atoms. The third kappa shape index (κ3) is 2.06. The van der Waals surface area contributed by atoms with Gasteiger partial charge in [-0.2, -0.15) is 0 Å². The van der Waals surface area contributed by atoms with Crippen molar-refractivity contribution in [2.45, 2.75) is 72.1 Å². The first kappa shape index (κ1) is 15.6. The lowest BCUT2D eigenvalue weighted by atomic mass is 9.44. The molecule has 4 rings (SSSR count). The van der Waals surface area contributed by atoms with Crippen molar-refractivity contribution in [2.24, 2.45) is 34.5 Å². The molecule has 0 aromatic rings. The third-order valence-electron chi connectivity index (χ3n) is 8.44. The zero-order chi connectivity index (χ0) is 16.4. The Morgan fingerprint density at radius 1 is 1.13 bits per heavy atom. The van der Waals surface area contributed by atoms with Crippen LogP contribution in [0.15, 0.2) is 11.6 Å². The van der Waals surface area contributed by atoms with Gasteiger partial charge in [0.15, 0.2) is 5.78 Å². The molecule has 2 heteroatoms. The molecular weight excluding hydrogens is 284 g/mol. The maximum Gasteiger partial charge on any atom is 0.156 e. The van der Waals surface area contributed by atoms with Gasteiger partial charge in [0, 0.05) is 12.8 Å².